The van der Waals surface area contributed by atoms with Crippen molar-refractivity contribution in [2.24, 2.45) is 0 Å². The van der Waals surface area contributed by atoms with Crippen LogP contribution >= 0.6 is 0 Å². The third-order valence-corrected chi connectivity index (χ3v) is 5.19. The van der Waals surface area contributed by atoms with Crippen molar-refractivity contribution in [3.05, 3.63) is 23.3 Å². The van der Waals surface area contributed by atoms with Gasteiger partial charge in [-0.15, -0.1) is 0 Å². The Kier molecular flexibility index (Phi) is 8.05. The van der Waals surface area contributed by atoms with Crippen LogP contribution in [0.15, 0.2) is 17.0 Å². The van der Waals surface area contributed by atoms with E-state index < -0.39 is 21.4 Å². The summed E-state index contributed by atoms with van der Waals surface area (Å²) in [7, 11) is -1.95. The molecule has 0 saturated carbocycles. The second-order valence-corrected chi connectivity index (χ2v) is 8.91. The second kappa shape index (κ2) is 9.34. The van der Waals surface area contributed by atoms with E-state index in [0.29, 0.717) is 28.3 Å². The summed E-state index contributed by atoms with van der Waals surface area (Å²) in [6, 6.07) is 3.40. The molecular formula is C18H29NO6S. The van der Waals surface area contributed by atoms with Gasteiger partial charge < -0.3 is 19.5 Å². The number of carbonyl (C=O) groups is 1. The average Bonchev–Trinajstić information content (AvgIpc) is 2.47. The molecule has 1 rings (SSSR count). The highest BCUT2D eigenvalue weighted by Gasteiger charge is 2.20. The quantitative estimate of drug-likeness (QED) is 0.512. The van der Waals surface area contributed by atoms with Crippen LogP contribution in [-0.2, 0) is 24.1 Å². The van der Waals surface area contributed by atoms with Crippen molar-refractivity contribution in [1.29, 1.82) is 0 Å². The summed E-state index contributed by atoms with van der Waals surface area (Å²) in [6.07, 6.45) is 0. The van der Waals surface area contributed by atoms with E-state index in [2.05, 4.69) is 5.32 Å². The number of nitrogens with one attached hydrogen (secondary N) is 1. The maximum Gasteiger partial charge on any atom is 0.332 e. The van der Waals surface area contributed by atoms with Crippen molar-refractivity contribution in [3.8, 4) is 5.75 Å². The molecule has 0 aliphatic rings. The molecule has 0 unspecified atom stereocenters. The van der Waals surface area contributed by atoms with Crippen LogP contribution in [0.5, 0.6) is 5.75 Å². The summed E-state index contributed by atoms with van der Waals surface area (Å²) >= 11 is 0. The predicted molar refractivity (Wildman–Crippen MR) is 99.2 cm³/mol. The molecule has 0 aliphatic heterocycles. The third kappa shape index (κ3) is 7.31. The van der Waals surface area contributed by atoms with Gasteiger partial charge >= 0.3 is 5.97 Å². The molecule has 8 heteroatoms. The Labute approximate surface area is 155 Å². The van der Waals surface area contributed by atoms with Gasteiger partial charge in [0.2, 0.25) is 0 Å². The van der Waals surface area contributed by atoms with Crippen LogP contribution in [-0.4, -0.2) is 52.7 Å². The zero-order valence-corrected chi connectivity index (χ0v) is 17.2. The number of carbonyl (C=O) groups excluding carboxylic acids is 1. The molecule has 0 atom stereocenters. The second-order valence-electron chi connectivity index (χ2n) is 6.99. The predicted octanol–water partition coefficient (Wildman–Crippen LogP) is 1.99. The Bertz CT molecular complexity index is 699. The first-order chi connectivity index (χ1) is 12.0. The minimum absolute atomic E-state index is 0.164. The van der Waals surface area contributed by atoms with Crippen molar-refractivity contribution in [2.45, 2.75) is 45.1 Å². The van der Waals surface area contributed by atoms with Crippen molar-refractivity contribution in [3.63, 3.8) is 0 Å². The SMILES string of the molecule is COc1cc(C)c(S(=O)(=O)CNCCOCC(=O)OC(C)(C)C)c(C)c1. The number of hydrogen-bond donors (Lipinski definition) is 1. The van der Waals surface area contributed by atoms with Crippen LogP contribution in [0.1, 0.15) is 31.9 Å². The van der Waals surface area contributed by atoms with Crippen molar-refractivity contribution in [2.75, 3.05) is 32.7 Å². The van der Waals surface area contributed by atoms with Crippen LogP contribution < -0.4 is 10.1 Å². The standard InChI is InChI=1S/C18H29NO6S/c1-13-9-15(23-6)10-14(2)17(13)26(21,22)12-19-7-8-24-11-16(20)25-18(3,4)5/h9-10,19H,7-8,11-12H2,1-6H3. The lowest BCUT2D eigenvalue weighted by Gasteiger charge is -2.19. The summed E-state index contributed by atoms with van der Waals surface area (Å²) in [5.41, 5.74) is 0.732. The molecule has 0 heterocycles. The lowest BCUT2D eigenvalue weighted by molar-refractivity contribution is -0.160. The summed E-state index contributed by atoms with van der Waals surface area (Å²) in [5.74, 6) is -0.0337. The maximum absolute atomic E-state index is 12.6. The number of sulfone groups is 1. The molecule has 0 radical (unpaired) electrons. The highest BCUT2D eigenvalue weighted by Crippen LogP contribution is 2.26. The summed E-state index contributed by atoms with van der Waals surface area (Å²) in [6.45, 7) is 9.16. The monoisotopic (exact) mass is 387 g/mol. The van der Waals surface area contributed by atoms with Gasteiger partial charge in [0.05, 0.1) is 18.6 Å². The van der Waals surface area contributed by atoms with Crippen molar-refractivity contribution < 1.29 is 27.4 Å². The van der Waals surface area contributed by atoms with Crippen LogP contribution in [0.25, 0.3) is 0 Å². The highest BCUT2D eigenvalue weighted by molar-refractivity contribution is 7.91. The smallest absolute Gasteiger partial charge is 0.332 e. The fraction of sp³-hybridized carbons (Fsp3) is 0.611. The Balaban J connectivity index is 2.47. The molecule has 0 aliphatic carbocycles. The molecule has 0 saturated heterocycles. The average molecular weight is 387 g/mol. The molecule has 1 aromatic carbocycles. The van der Waals surface area contributed by atoms with E-state index in [9.17, 15) is 13.2 Å². The number of rotatable bonds is 9. The first kappa shape index (κ1) is 22.4. The maximum atomic E-state index is 12.6. The number of ether oxygens (including phenoxy) is 3. The zero-order chi connectivity index (χ0) is 20.0. The van der Waals surface area contributed by atoms with Gasteiger partial charge in [0.15, 0.2) is 9.84 Å². The normalized spacial score (nSPS) is 12.1. The molecule has 0 bridgehead atoms. The highest BCUT2D eigenvalue weighted by atomic mass is 32.2. The van der Waals surface area contributed by atoms with Crippen LogP contribution in [0.3, 0.4) is 0 Å². The Morgan fingerprint density at radius 3 is 2.23 bits per heavy atom. The topological polar surface area (TPSA) is 90.9 Å². The summed E-state index contributed by atoms with van der Waals surface area (Å²) in [4.78, 5) is 11.8. The molecule has 148 valence electrons. The van der Waals surface area contributed by atoms with E-state index in [1.807, 2.05) is 0 Å². The summed E-state index contributed by atoms with van der Waals surface area (Å²) < 4.78 is 40.6. The number of esters is 1. The molecular weight excluding hydrogens is 358 g/mol. The number of benzene rings is 1. The van der Waals surface area contributed by atoms with Crippen molar-refractivity contribution in [1.82, 2.24) is 5.32 Å². The molecule has 7 nitrogen and oxygen atoms in total. The van der Waals surface area contributed by atoms with Crippen molar-refractivity contribution >= 4 is 15.8 Å². The Hall–Kier alpha value is -1.64. The Morgan fingerprint density at radius 2 is 1.73 bits per heavy atom. The number of methoxy groups -OCH3 is 1. The van der Waals surface area contributed by atoms with Crippen LogP contribution in [0.2, 0.25) is 0 Å². The Morgan fingerprint density at radius 1 is 1.15 bits per heavy atom. The molecule has 1 N–H and O–H groups in total. The third-order valence-electron chi connectivity index (χ3n) is 3.34. The molecule has 0 aromatic heterocycles. The molecule has 0 amide bonds. The first-order valence-electron chi connectivity index (χ1n) is 8.34. The largest absolute Gasteiger partial charge is 0.497 e. The van der Waals surface area contributed by atoms with Gasteiger partial charge in [-0.2, -0.15) is 0 Å². The van der Waals surface area contributed by atoms with Gasteiger partial charge in [-0.25, -0.2) is 13.2 Å². The van der Waals surface area contributed by atoms with E-state index >= 15 is 0 Å². The minimum atomic E-state index is -3.49. The van der Waals surface area contributed by atoms with Gasteiger partial charge in [0.25, 0.3) is 0 Å². The van der Waals surface area contributed by atoms with E-state index in [1.165, 1.54) is 0 Å². The first-order valence-corrected chi connectivity index (χ1v) is 10.00. The van der Waals surface area contributed by atoms with Gasteiger partial charge in [-0.3, -0.25) is 0 Å². The zero-order valence-electron chi connectivity index (χ0n) is 16.3. The van der Waals surface area contributed by atoms with E-state index in [4.69, 9.17) is 14.2 Å². The molecule has 0 spiro atoms. The van der Waals surface area contributed by atoms with E-state index in [0.717, 1.165) is 0 Å². The molecule has 26 heavy (non-hydrogen) atoms. The molecule has 1 aromatic rings. The van der Waals surface area contributed by atoms with Crippen LogP contribution in [0, 0.1) is 13.8 Å². The van der Waals surface area contributed by atoms with Gasteiger partial charge in [0, 0.05) is 6.54 Å². The fourth-order valence-corrected chi connectivity index (χ4v) is 4.12. The van der Waals surface area contributed by atoms with E-state index in [1.54, 1.807) is 53.9 Å². The van der Waals surface area contributed by atoms with E-state index in [-0.39, 0.29) is 19.1 Å². The van der Waals surface area contributed by atoms with Gasteiger partial charge in [-0.05, 0) is 57.9 Å². The fourth-order valence-electron chi connectivity index (χ4n) is 2.47. The molecule has 0 fully saturated rings. The lowest BCUT2D eigenvalue weighted by Crippen LogP contribution is -2.30. The van der Waals surface area contributed by atoms with Gasteiger partial charge in [-0.1, -0.05) is 0 Å². The number of hydrogen-bond acceptors (Lipinski definition) is 7. The minimum Gasteiger partial charge on any atom is -0.497 e. The number of aryl methyl sites for hydroxylation is 2. The van der Waals surface area contributed by atoms with Gasteiger partial charge in [0.1, 0.15) is 23.8 Å². The summed E-state index contributed by atoms with van der Waals surface area (Å²) in [5, 5.41) is 2.83. The van der Waals surface area contributed by atoms with Crippen LogP contribution in [0.4, 0.5) is 0 Å². The lowest BCUT2D eigenvalue weighted by atomic mass is 10.1.